The molecule has 1 aromatic carbocycles. The van der Waals surface area contributed by atoms with E-state index in [4.69, 9.17) is 9.47 Å². The molecule has 9 heteroatoms. The molecule has 0 radical (unpaired) electrons. The average molecular weight is 420 g/mol. The van der Waals surface area contributed by atoms with Gasteiger partial charge in [0, 0.05) is 56.9 Å². The van der Waals surface area contributed by atoms with Crippen LogP contribution in [0.1, 0.15) is 19.3 Å². The number of anilines is 2. The van der Waals surface area contributed by atoms with Crippen molar-refractivity contribution in [3.63, 3.8) is 0 Å². The van der Waals surface area contributed by atoms with Gasteiger partial charge in [-0.3, -0.25) is 9.69 Å². The number of urea groups is 1. The van der Waals surface area contributed by atoms with E-state index in [9.17, 15) is 14.0 Å². The van der Waals surface area contributed by atoms with E-state index >= 15 is 0 Å². The quantitative estimate of drug-likeness (QED) is 0.734. The van der Waals surface area contributed by atoms with E-state index in [1.165, 1.54) is 12.1 Å². The van der Waals surface area contributed by atoms with Gasteiger partial charge in [-0.1, -0.05) is 0 Å². The van der Waals surface area contributed by atoms with Gasteiger partial charge in [0.2, 0.25) is 5.91 Å². The number of hydrogen-bond donors (Lipinski definition) is 2. The first-order chi connectivity index (χ1) is 14.6. The zero-order valence-corrected chi connectivity index (χ0v) is 17.1. The van der Waals surface area contributed by atoms with Gasteiger partial charge >= 0.3 is 6.03 Å². The highest BCUT2D eigenvalue weighted by Crippen LogP contribution is 2.26. The highest BCUT2D eigenvalue weighted by atomic mass is 19.1. The first kappa shape index (κ1) is 21.0. The summed E-state index contributed by atoms with van der Waals surface area (Å²) in [7, 11) is 0. The van der Waals surface area contributed by atoms with Gasteiger partial charge in [-0.25, -0.2) is 9.18 Å². The summed E-state index contributed by atoms with van der Waals surface area (Å²) < 4.78 is 25.3. The lowest BCUT2D eigenvalue weighted by Gasteiger charge is -2.37. The van der Waals surface area contributed by atoms with Gasteiger partial charge in [0.15, 0.2) is 0 Å². The number of benzene rings is 1. The van der Waals surface area contributed by atoms with Gasteiger partial charge in [0.1, 0.15) is 5.82 Å². The molecule has 2 atom stereocenters. The van der Waals surface area contributed by atoms with E-state index in [0.717, 1.165) is 32.5 Å². The third-order valence-corrected chi connectivity index (χ3v) is 6.08. The Morgan fingerprint density at radius 2 is 2.03 bits per heavy atom. The molecule has 1 aromatic rings. The molecule has 3 aliphatic heterocycles. The molecule has 30 heavy (non-hydrogen) atoms. The van der Waals surface area contributed by atoms with Crippen molar-refractivity contribution in [1.82, 2.24) is 10.2 Å². The normalized spacial score (nSPS) is 23.6. The van der Waals surface area contributed by atoms with Gasteiger partial charge in [0.05, 0.1) is 25.5 Å². The van der Waals surface area contributed by atoms with Crippen LogP contribution >= 0.6 is 0 Å². The van der Waals surface area contributed by atoms with Crippen LogP contribution in [0.25, 0.3) is 0 Å². The third-order valence-electron chi connectivity index (χ3n) is 6.08. The zero-order valence-electron chi connectivity index (χ0n) is 17.1. The fourth-order valence-electron chi connectivity index (χ4n) is 4.42. The summed E-state index contributed by atoms with van der Waals surface area (Å²) in [5.41, 5.74) is 0.667. The molecule has 0 bridgehead atoms. The molecule has 3 fully saturated rings. The van der Waals surface area contributed by atoms with Gasteiger partial charge in [0.25, 0.3) is 0 Å². The molecule has 4 rings (SSSR count). The van der Waals surface area contributed by atoms with Crippen LogP contribution in [0.3, 0.4) is 0 Å². The van der Waals surface area contributed by atoms with Crippen molar-refractivity contribution < 1.29 is 23.5 Å². The van der Waals surface area contributed by atoms with E-state index in [1.807, 2.05) is 0 Å². The maximum absolute atomic E-state index is 14.3. The van der Waals surface area contributed by atoms with Crippen LogP contribution in [0, 0.1) is 11.7 Å². The van der Waals surface area contributed by atoms with Crippen molar-refractivity contribution in [2.45, 2.75) is 25.3 Å². The summed E-state index contributed by atoms with van der Waals surface area (Å²) in [6, 6.07) is 4.05. The maximum atomic E-state index is 14.3. The van der Waals surface area contributed by atoms with Crippen LogP contribution < -0.4 is 15.5 Å². The first-order valence-electron chi connectivity index (χ1n) is 10.7. The number of nitrogens with zero attached hydrogens (tertiary/aromatic N) is 2. The van der Waals surface area contributed by atoms with Crippen LogP contribution in [0.15, 0.2) is 18.2 Å². The van der Waals surface area contributed by atoms with E-state index in [1.54, 1.807) is 11.0 Å². The minimum Gasteiger partial charge on any atom is -0.381 e. The maximum Gasteiger partial charge on any atom is 0.319 e. The Hall–Kier alpha value is -2.23. The summed E-state index contributed by atoms with van der Waals surface area (Å²) in [5.74, 6) is -0.164. The zero-order chi connectivity index (χ0) is 20.9. The van der Waals surface area contributed by atoms with Gasteiger partial charge < -0.3 is 25.0 Å². The predicted octanol–water partition coefficient (Wildman–Crippen LogP) is 1.81. The lowest BCUT2D eigenvalue weighted by atomic mass is 9.97. The lowest BCUT2D eigenvalue weighted by Crippen LogP contribution is -2.52. The van der Waals surface area contributed by atoms with Crippen LogP contribution in [-0.4, -0.2) is 75.5 Å². The number of rotatable bonds is 6. The Kier molecular flexibility index (Phi) is 6.81. The summed E-state index contributed by atoms with van der Waals surface area (Å²) >= 11 is 0. The van der Waals surface area contributed by atoms with Crippen molar-refractivity contribution in [3.05, 3.63) is 24.0 Å². The Morgan fingerprint density at radius 1 is 1.20 bits per heavy atom. The van der Waals surface area contributed by atoms with Crippen LogP contribution in [-0.2, 0) is 14.3 Å². The van der Waals surface area contributed by atoms with Gasteiger partial charge in [-0.05, 0) is 31.0 Å². The van der Waals surface area contributed by atoms with Crippen LogP contribution in [0.5, 0.6) is 0 Å². The van der Waals surface area contributed by atoms with E-state index < -0.39 is 11.8 Å². The number of carbonyl (C=O) groups is 2. The number of carbonyl (C=O) groups excluding carboxylic acids is 2. The van der Waals surface area contributed by atoms with Crippen LogP contribution in [0.4, 0.5) is 20.6 Å². The van der Waals surface area contributed by atoms with Crippen molar-refractivity contribution in [2.75, 3.05) is 62.8 Å². The summed E-state index contributed by atoms with van der Waals surface area (Å²) in [6.45, 7) is 5.51. The number of halogens is 1. The smallest absolute Gasteiger partial charge is 0.319 e. The second-order valence-corrected chi connectivity index (χ2v) is 7.99. The van der Waals surface area contributed by atoms with Crippen LogP contribution in [0.2, 0.25) is 0 Å². The molecule has 0 unspecified atom stereocenters. The largest absolute Gasteiger partial charge is 0.381 e. The standard InChI is InChI=1S/C21H29FN4O4/c22-17-4-3-16(26-6-1-2-20(26)27)12-18(17)24-21(28)23-13-19(15-5-9-30-14-15)25-7-10-29-11-8-25/h3-4,12,15,19H,1-2,5-11,13-14H2,(H2,23,24,28)/t15-,19+/m0/s1. The summed E-state index contributed by atoms with van der Waals surface area (Å²) in [6.07, 6.45) is 2.24. The Labute approximate surface area is 175 Å². The summed E-state index contributed by atoms with van der Waals surface area (Å²) in [5, 5.41) is 5.50. The molecule has 2 N–H and O–H groups in total. The molecule has 0 saturated carbocycles. The minimum absolute atomic E-state index is 0.0177. The molecule has 3 amide bonds. The number of amides is 3. The number of hydrogen-bond acceptors (Lipinski definition) is 5. The Morgan fingerprint density at radius 3 is 2.73 bits per heavy atom. The fourth-order valence-corrected chi connectivity index (χ4v) is 4.42. The Bertz CT molecular complexity index is 765. The average Bonchev–Trinajstić information content (AvgIpc) is 3.43. The highest BCUT2D eigenvalue weighted by molar-refractivity contribution is 5.96. The fraction of sp³-hybridized carbons (Fsp3) is 0.619. The van der Waals surface area contributed by atoms with Gasteiger partial charge in [-0.2, -0.15) is 0 Å². The van der Waals surface area contributed by atoms with E-state index in [0.29, 0.717) is 50.9 Å². The molecule has 3 saturated heterocycles. The molecule has 164 valence electrons. The minimum atomic E-state index is -0.533. The molecular weight excluding hydrogens is 391 g/mol. The Balaban J connectivity index is 1.37. The van der Waals surface area contributed by atoms with Gasteiger partial charge in [-0.15, -0.1) is 0 Å². The van der Waals surface area contributed by atoms with Crippen molar-refractivity contribution >= 4 is 23.3 Å². The topological polar surface area (TPSA) is 83.1 Å². The second kappa shape index (κ2) is 9.72. The monoisotopic (exact) mass is 420 g/mol. The molecule has 3 heterocycles. The summed E-state index contributed by atoms with van der Waals surface area (Å²) in [4.78, 5) is 28.4. The molecule has 0 spiro atoms. The van der Waals surface area contributed by atoms with E-state index in [-0.39, 0.29) is 17.6 Å². The highest BCUT2D eigenvalue weighted by Gasteiger charge is 2.32. The van der Waals surface area contributed by atoms with E-state index in [2.05, 4.69) is 15.5 Å². The molecule has 0 aliphatic carbocycles. The third kappa shape index (κ3) is 4.91. The lowest BCUT2D eigenvalue weighted by molar-refractivity contribution is -0.117. The number of ether oxygens (including phenoxy) is 2. The molecular formula is C21H29FN4O4. The first-order valence-corrected chi connectivity index (χ1v) is 10.7. The predicted molar refractivity (Wildman–Crippen MR) is 110 cm³/mol. The second-order valence-electron chi connectivity index (χ2n) is 7.99. The molecule has 3 aliphatic rings. The molecule has 8 nitrogen and oxygen atoms in total. The van der Waals surface area contributed by atoms with Crippen molar-refractivity contribution in [1.29, 1.82) is 0 Å². The number of nitrogens with one attached hydrogen (secondary N) is 2. The number of morpholine rings is 1. The molecule has 0 aromatic heterocycles. The van der Waals surface area contributed by atoms with Crippen molar-refractivity contribution in [2.24, 2.45) is 5.92 Å². The SMILES string of the molecule is O=C(NC[C@H]([C@H]1CCOC1)N1CCOCC1)Nc1cc(N2CCCC2=O)ccc1F. The van der Waals surface area contributed by atoms with Crippen molar-refractivity contribution in [3.8, 4) is 0 Å².